The first-order valence-electron chi connectivity index (χ1n) is 11.7. The fourth-order valence-corrected chi connectivity index (χ4v) is 4.51. The van der Waals surface area contributed by atoms with Crippen LogP contribution in [0.2, 0.25) is 5.02 Å². The second kappa shape index (κ2) is 9.91. The van der Waals surface area contributed by atoms with Crippen LogP contribution in [0.15, 0.2) is 84.4 Å². The van der Waals surface area contributed by atoms with Crippen molar-refractivity contribution < 1.29 is 19.1 Å². The molecule has 0 aromatic heterocycles. The topological polar surface area (TPSA) is 75.7 Å². The van der Waals surface area contributed by atoms with Gasteiger partial charge in [-0.15, -0.1) is 0 Å². The minimum atomic E-state index is -0.790. The number of nitrogens with one attached hydrogen (secondary N) is 1. The fraction of sp³-hybridized carbons (Fsp3) is 0.100. The summed E-state index contributed by atoms with van der Waals surface area (Å²) in [6.45, 7) is 4.28. The summed E-state index contributed by atoms with van der Waals surface area (Å²) in [5.41, 5.74) is 3.90. The van der Waals surface area contributed by atoms with Crippen molar-refractivity contribution in [2.45, 2.75) is 20.5 Å². The maximum atomic E-state index is 13.1. The van der Waals surface area contributed by atoms with Gasteiger partial charge in [0.1, 0.15) is 17.9 Å². The van der Waals surface area contributed by atoms with E-state index in [2.05, 4.69) is 29.6 Å². The minimum absolute atomic E-state index is 0.170. The highest BCUT2D eigenvalue weighted by molar-refractivity contribution is 6.39. The number of halogens is 1. The monoisotopic (exact) mass is 510 g/mol. The molecular formula is C30H23ClN2O4. The SMILES string of the molecule is Cc1ccc(N2C(=O)NC(=O)/C(=C\c3ccc(OCc4c(C)ccc5ccccc45)c(Cl)c3)C2=O)cc1. The Labute approximate surface area is 219 Å². The molecule has 0 spiro atoms. The summed E-state index contributed by atoms with van der Waals surface area (Å²) in [7, 11) is 0. The van der Waals surface area contributed by atoms with Crippen LogP contribution in [0.4, 0.5) is 10.5 Å². The van der Waals surface area contributed by atoms with Gasteiger partial charge >= 0.3 is 6.03 Å². The number of imide groups is 2. The molecule has 0 radical (unpaired) electrons. The predicted octanol–water partition coefficient (Wildman–Crippen LogP) is 6.36. The number of ether oxygens (including phenoxy) is 1. The third-order valence-electron chi connectivity index (χ3n) is 6.31. The van der Waals surface area contributed by atoms with E-state index in [-0.39, 0.29) is 5.57 Å². The maximum absolute atomic E-state index is 13.1. The number of nitrogens with zero attached hydrogens (tertiary/aromatic N) is 1. The molecule has 0 bridgehead atoms. The van der Waals surface area contributed by atoms with Crippen molar-refractivity contribution in [2.75, 3.05) is 4.90 Å². The number of fused-ring (bicyclic) bond motifs is 1. The van der Waals surface area contributed by atoms with Crippen LogP contribution in [-0.2, 0) is 16.2 Å². The fourth-order valence-electron chi connectivity index (χ4n) is 4.26. The molecule has 4 amide bonds. The van der Waals surface area contributed by atoms with E-state index in [1.165, 1.54) is 6.08 Å². The number of hydrogen-bond donors (Lipinski definition) is 1. The maximum Gasteiger partial charge on any atom is 0.335 e. The Morgan fingerprint density at radius 3 is 2.43 bits per heavy atom. The molecule has 6 nitrogen and oxygen atoms in total. The summed E-state index contributed by atoms with van der Waals surface area (Å²) < 4.78 is 6.05. The van der Waals surface area contributed by atoms with Crippen molar-refractivity contribution in [1.29, 1.82) is 0 Å². The van der Waals surface area contributed by atoms with Crippen LogP contribution in [0, 0.1) is 13.8 Å². The lowest BCUT2D eigenvalue weighted by atomic mass is 10.0. The number of carbonyl (C=O) groups excluding carboxylic acids is 3. The smallest absolute Gasteiger partial charge is 0.335 e. The Bertz CT molecular complexity index is 1590. The van der Waals surface area contributed by atoms with E-state index in [0.29, 0.717) is 28.6 Å². The number of barbiturate groups is 1. The van der Waals surface area contributed by atoms with Crippen molar-refractivity contribution in [2.24, 2.45) is 0 Å². The quantitative estimate of drug-likeness (QED) is 0.250. The van der Waals surface area contributed by atoms with Crippen LogP contribution < -0.4 is 15.0 Å². The number of rotatable bonds is 5. The van der Waals surface area contributed by atoms with E-state index >= 15 is 0 Å². The molecule has 7 heteroatoms. The first-order chi connectivity index (χ1) is 17.8. The van der Waals surface area contributed by atoms with Gasteiger partial charge < -0.3 is 4.74 Å². The lowest BCUT2D eigenvalue weighted by molar-refractivity contribution is -0.122. The van der Waals surface area contributed by atoms with E-state index in [9.17, 15) is 14.4 Å². The standard InChI is InChI=1S/C30H23ClN2O4/c1-18-7-12-22(13-8-18)33-29(35)24(28(34)32-30(33)36)15-20-10-14-27(26(31)16-20)37-17-25-19(2)9-11-21-5-3-4-6-23(21)25/h3-16H,17H2,1-2H3,(H,32,34,36)/b24-15+. The van der Waals surface area contributed by atoms with E-state index in [1.807, 2.05) is 26.0 Å². The second-order valence-corrected chi connectivity index (χ2v) is 9.26. The van der Waals surface area contributed by atoms with Gasteiger partial charge in [0, 0.05) is 5.56 Å². The molecule has 1 saturated heterocycles. The molecule has 0 unspecified atom stereocenters. The van der Waals surface area contributed by atoms with Gasteiger partial charge in [0.05, 0.1) is 10.7 Å². The summed E-state index contributed by atoms with van der Waals surface area (Å²) in [4.78, 5) is 38.9. The summed E-state index contributed by atoms with van der Waals surface area (Å²) in [6, 6.07) is 23.4. The van der Waals surface area contributed by atoms with Crippen LogP contribution in [0.5, 0.6) is 5.75 Å². The Morgan fingerprint density at radius 2 is 1.68 bits per heavy atom. The van der Waals surface area contributed by atoms with E-state index in [0.717, 1.165) is 32.4 Å². The van der Waals surface area contributed by atoms with Crippen molar-refractivity contribution in [3.05, 3.63) is 112 Å². The van der Waals surface area contributed by atoms with Crippen LogP contribution in [0.1, 0.15) is 22.3 Å². The summed E-state index contributed by atoms with van der Waals surface area (Å²) in [6.07, 6.45) is 1.41. The Kier molecular flexibility index (Phi) is 6.51. The molecular weight excluding hydrogens is 488 g/mol. The zero-order chi connectivity index (χ0) is 26.1. The van der Waals surface area contributed by atoms with E-state index in [1.54, 1.807) is 42.5 Å². The molecule has 1 aliphatic rings. The third-order valence-corrected chi connectivity index (χ3v) is 6.60. The molecule has 0 atom stereocenters. The van der Waals surface area contributed by atoms with E-state index in [4.69, 9.17) is 16.3 Å². The van der Waals surface area contributed by atoms with E-state index < -0.39 is 17.8 Å². The van der Waals surface area contributed by atoms with Gasteiger partial charge in [-0.25, -0.2) is 9.69 Å². The zero-order valence-corrected chi connectivity index (χ0v) is 21.0. The molecule has 1 heterocycles. The van der Waals surface area contributed by atoms with Gasteiger partial charge in [-0.1, -0.05) is 71.8 Å². The highest BCUT2D eigenvalue weighted by Crippen LogP contribution is 2.30. The minimum Gasteiger partial charge on any atom is -0.487 e. The van der Waals surface area contributed by atoms with Gasteiger partial charge in [0.15, 0.2) is 0 Å². The van der Waals surface area contributed by atoms with Crippen molar-refractivity contribution in [3.63, 3.8) is 0 Å². The Balaban J connectivity index is 1.39. The number of carbonyl (C=O) groups is 3. The Hall–Kier alpha value is -4.42. The number of aryl methyl sites for hydroxylation is 2. The average Bonchev–Trinajstić information content (AvgIpc) is 2.88. The molecule has 5 rings (SSSR count). The van der Waals surface area contributed by atoms with Crippen molar-refractivity contribution >= 4 is 52.0 Å². The molecule has 0 aliphatic carbocycles. The van der Waals surface area contributed by atoms with Crippen molar-refractivity contribution in [1.82, 2.24) is 5.32 Å². The first kappa shape index (κ1) is 24.3. The van der Waals surface area contributed by atoms with Crippen LogP contribution in [0.25, 0.3) is 16.8 Å². The van der Waals surface area contributed by atoms with Crippen LogP contribution in [0.3, 0.4) is 0 Å². The first-order valence-corrected chi connectivity index (χ1v) is 12.1. The van der Waals surface area contributed by atoms with Gasteiger partial charge in [-0.05, 0) is 66.1 Å². The molecule has 1 N–H and O–H groups in total. The molecule has 4 aromatic carbocycles. The normalized spacial score (nSPS) is 14.8. The van der Waals surface area contributed by atoms with Crippen molar-refractivity contribution in [3.8, 4) is 5.75 Å². The molecule has 0 saturated carbocycles. The largest absolute Gasteiger partial charge is 0.487 e. The average molecular weight is 511 g/mol. The summed E-state index contributed by atoms with van der Waals surface area (Å²) >= 11 is 6.50. The van der Waals surface area contributed by atoms with Gasteiger partial charge in [0.2, 0.25) is 0 Å². The number of anilines is 1. The zero-order valence-electron chi connectivity index (χ0n) is 20.2. The second-order valence-electron chi connectivity index (χ2n) is 8.85. The summed E-state index contributed by atoms with van der Waals surface area (Å²) in [5, 5.41) is 4.82. The highest BCUT2D eigenvalue weighted by atomic mass is 35.5. The molecule has 1 fully saturated rings. The lowest BCUT2D eigenvalue weighted by Crippen LogP contribution is -2.54. The van der Waals surface area contributed by atoms with Gasteiger partial charge in [-0.2, -0.15) is 0 Å². The van der Waals surface area contributed by atoms with Crippen LogP contribution in [-0.4, -0.2) is 17.8 Å². The predicted molar refractivity (Wildman–Crippen MR) is 145 cm³/mol. The lowest BCUT2D eigenvalue weighted by Gasteiger charge is -2.26. The van der Waals surface area contributed by atoms with Gasteiger partial charge in [0.25, 0.3) is 11.8 Å². The highest BCUT2D eigenvalue weighted by Gasteiger charge is 2.36. The molecule has 1 aliphatic heterocycles. The van der Waals surface area contributed by atoms with Crippen LogP contribution >= 0.6 is 11.6 Å². The number of amides is 4. The molecule has 4 aromatic rings. The molecule has 184 valence electrons. The molecule has 37 heavy (non-hydrogen) atoms. The number of urea groups is 1. The van der Waals surface area contributed by atoms with Gasteiger partial charge in [-0.3, -0.25) is 14.9 Å². The Morgan fingerprint density at radius 1 is 0.919 bits per heavy atom. The third kappa shape index (κ3) is 4.84. The number of benzene rings is 4. The number of hydrogen-bond acceptors (Lipinski definition) is 4. The summed E-state index contributed by atoms with van der Waals surface area (Å²) in [5.74, 6) is -0.992.